The van der Waals surface area contributed by atoms with Crippen LogP contribution in [0.3, 0.4) is 0 Å². The maximum Gasteiger partial charge on any atom is 0.433 e. The number of carbonyl (C=O) groups excluding carboxylic acids is 1. The van der Waals surface area contributed by atoms with E-state index in [1.165, 1.54) is 6.92 Å². The summed E-state index contributed by atoms with van der Waals surface area (Å²) >= 11 is 0. The van der Waals surface area contributed by atoms with E-state index in [9.17, 15) is 18.0 Å². The summed E-state index contributed by atoms with van der Waals surface area (Å²) < 4.78 is 40.4. The second-order valence-electron chi connectivity index (χ2n) is 6.62. The van der Waals surface area contributed by atoms with Crippen LogP contribution in [0.5, 0.6) is 0 Å². The van der Waals surface area contributed by atoms with Crippen LogP contribution in [0.1, 0.15) is 46.3 Å². The van der Waals surface area contributed by atoms with Crippen molar-refractivity contribution in [1.82, 2.24) is 29.5 Å². The molecule has 0 aliphatic carbocycles. The summed E-state index contributed by atoms with van der Waals surface area (Å²) in [6.07, 6.45) is 1.51. The summed E-state index contributed by atoms with van der Waals surface area (Å²) in [6, 6.07) is 0.920. The van der Waals surface area contributed by atoms with Crippen molar-refractivity contribution < 1.29 is 18.0 Å². The molecule has 1 saturated heterocycles. The van der Waals surface area contributed by atoms with Crippen molar-refractivity contribution >= 4 is 11.6 Å². The lowest BCUT2D eigenvalue weighted by molar-refractivity contribution is -0.142. The smallest absolute Gasteiger partial charge is 0.348 e. The SMILES string of the molecule is Cc1cc(C(F)(F)F)n2ncc(C(=O)N3CCC(c4ncc[nH]4)CC3)c2n1. The molecule has 1 fully saturated rings. The molecule has 10 heteroatoms. The Morgan fingerprint density at radius 1 is 1.30 bits per heavy atom. The number of hydrogen-bond acceptors (Lipinski definition) is 4. The number of likely N-dealkylation sites (tertiary alicyclic amines) is 1. The summed E-state index contributed by atoms with van der Waals surface area (Å²) in [5.74, 6) is 0.782. The van der Waals surface area contributed by atoms with Crippen LogP contribution in [0.15, 0.2) is 24.7 Å². The van der Waals surface area contributed by atoms with Crippen LogP contribution in [0.4, 0.5) is 13.2 Å². The monoisotopic (exact) mass is 378 g/mol. The average Bonchev–Trinajstić information content (AvgIpc) is 3.29. The highest BCUT2D eigenvalue weighted by atomic mass is 19.4. The molecule has 0 aromatic carbocycles. The Morgan fingerprint density at radius 2 is 2.04 bits per heavy atom. The minimum Gasteiger partial charge on any atom is -0.348 e. The molecule has 142 valence electrons. The third-order valence-electron chi connectivity index (χ3n) is 4.81. The molecule has 0 bridgehead atoms. The van der Waals surface area contributed by atoms with E-state index >= 15 is 0 Å². The number of aromatic amines is 1. The Labute approximate surface area is 152 Å². The van der Waals surface area contributed by atoms with Gasteiger partial charge in [-0.1, -0.05) is 0 Å². The lowest BCUT2D eigenvalue weighted by atomic mass is 9.96. The number of carbonyl (C=O) groups is 1. The largest absolute Gasteiger partial charge is 0.433 e. The number of aryl methyl sites for hydroxylation is 1. The van der Waals surface area contributed by atoms with Gasteiger partial charge in [-0.15, -0.1) is 0 Å². The van der Waals surface area contributed by atoms with Gasteiger partial charge in [-0.25, -0.2) is 14.5 Å². The molecule has 0 atom stereocenters. The Kier molecular flexibility index (Phi) is 4.12. The van der Waals surface area contributed by atoms with Crippen molar-refractivity contribution in [2.24, 2.45) is 0 Å². The summed E-state index contributed by atoms with van der Waals surface area (Å²) in [5, 5.41) is 3.77. The molecule has 1 amide bonds. The maximum atomic E-state index is 13.2. The molecule has 3 aromatic heterocycles. The fraction of sp³-hybridized carbons (Fsp3) is 0.412. The first-order valence-electron chi connectivity index (χ1n) is 8.55. The van der Waals surface area contributed by atoms with Crippen molar-refractivity contribution in [3.63, 3.8) is 0 Å². The Morgan fingerprint density at radius 3 is 2.67 bits per heavy atom. The third-order valence-corrected chi connectivity index (χ3v) is 4.81. The van der Waals surface area contributed by atoms with Gasteiger partial charge in [-0.3, -0.25) is 4.79 Å². The van der Waals surface area contributed by atoms with Crippen molar-refractivity contribution in [2.75, 3.05) is 13.1 Å². The van der Waals surface area contributed by atoms with Gasteiger partial charge in [-0.05, 0) is 25.8 Å². The molecule has 3 aromatic rings. The summed E-state index contributed by atoms with van der Waals surface area (Å²) in [4.78, 5) is 26.0. The van der Waals surface area contributed by atoms with Crippen molar-refractivity contribution in [1.29, 1.82) is 0 Å². The number of piperidine rings is 1. The number of fused-ring (bicyclic) bond motifs is 1. The van der Waals surface area contributed by atoms with E-state index in [1.54, 1.807) is 17.3 Å². The number of H-pyrrole nitrogens is 1. The highest BCUT2D eigenvalue weighted by Crippen LogP contribution is 2.31. The predicted molar refractivity (Wildman–Crippen MR) is 89.2 cm³/mol. The topological polar surface area (TPSA) is 79.2 Å². The highest BCUT2D eigenvalue weighted by Gasteiger charge is 2.36. The van der Waals surface area contributed by atoms with Crippen molar-refractivity contribution in [2.45, 2.75) is 31.9 Å². The van der Waals surface area contributed by atoms with Crippen LogP contribution in [-0.2, 0) is 6.18 Å². The van der Waals surface area contributed by atoms with Crippen LogP contribution < -0.4 is 0 Å². The van der Waals surface area contributed by atoms with E-state index in [0.717, 1.165) is 30.9 Å². The van der Waals surface area contributed by atoms with E-state index in [2.05, 4.69) is 20.1 Å². The summed E-state index contributed by atoms with van der Waals surface area (Å²) in [5.41, 5.74) is -0.748. The van der Waals surface area contributed by atoms with Gasteiger partial charge < -0.3 is 9.88 Å². The Bertz CT molecular complexity index is 971. The molecule has 4 heterocycles. The number of hydrogen-bond donors (Lipinski definition) is 1. The standard InChI is InChI=1S/C17H17F3N6O/c1-10-8-13(17(18,19)20)26-15(24-10)12(9-23-26)16(27)25-6-2-11(3-7-25)14-21-4-5-22-14/h4-5,8-9,11H,2-3,6-7H2,1H3,(H,21,22). The van der Waals surface area contributed by atoms with Gasteiger partial charge in [0.05, 0.1) is 6.20 Å². The number of aromatic nitrogens is 5. The molecule has 1 aliphatic heterocycles. The van der Waals surface area contributed by atoms with E-state index < -0.39 is 11.9 Å². The summed E-state index contributed by atoms with van der Waals surface area (Å²) in [6.45, 7) is 2.46. The van der Waals surface area contributed by atoms with Gasteiger partial charge in [0, 0.05) is 37.1 Å². The van der Waals surface area contributed by atoms with Gasteiger partial charge in [0.15, 0.2) is 5.65 Å². The lowest BCUT2D eigenvalue weighted by Gasteiger charge is -2.30. The number of imidazole rings is 1. The first kappa shape index (κ1) is 17.5. The molecule has 0 unspecified atom stereocenters. The molecule has 1 N–H and O–H groups in total. The average molecular weight is 378 g/mol. The molecular formula is C17H17F3N6O. The number of amides is 1. The number of halogens is 3. The van der Waals surface area contributed by atoms with E-state index in [0.29, 0.717) is 17.6 Å². The molecule has 7 nitrogen and oxygen atoms in total. The first-order valence-corrected chi connectivity index (χ1v) is 8.55. The minimum atomic E-state index is -4.58. The Balaban J connectivity index is 1.60. The fourth-order valence-corrected chi connectivity index (χ4v) is 3.46. The molecule has 4 rings (SSSR count). The van der Waals surface area contributed by atoms with Crippen LogP contribution in [0.2, 0.25) is 0 Å². The van der Waals surface area contributed by atoms with Crippen LogP contribution in [-0.4, -0.2) is 48.5 Å². The van der Waals surface area contributed by atoms with Crippen LogP contribution in [0, 0.1) is 6.92 Å². The minimum absolute atomic E-state index is 0.0690. The fourth-order valence-electron chi connectivity index (χ4n) is 3.46. The molecule has 0 radical (unpaired) electrons. The number of alkyl halides is 3. The third kappa shape index (κ3) is 3.15. The number of nitrogens with one attached hydrogen (secondary N) is 1. The van der Waals surface area contributed by atoms with Crippen molar-refractivity contribution in [3.8, 4) is 0 Å². The lowest BCUT2D eigenvalue weighted by Crippen LogP contribution is -2.38. The van der Waals surface area contributed by atoms with Gasteiger partial charge in [0.25, 0.3) is 5.91 Å². The predicted octanol–water partition coefficient (Wildman–Crippen LogP) is 2.80. The van der Waals surface area contributed by atoms with Gasteiger partial charge in [-0.2, -0.15) is 18.3 Å². The molecular weight excluding hydrogens is 361 g/mol. The van der Waals surface area contributed by atoms with E-state index in [1.807, 2.05) is 0 Å². The van der Waals surface area contributed by atoms with Gasteiger partial charge in [0.1, 0.15) is 17.1 Å². The maximum absolute atomic E-state index is 13.2. The quantitative estimate of drug-likeness (QED) is 0.744. The highest BCUT2D eigenvalue weighted by molar-refractivity contribution is 5.99. The van der Waals surface area contributed by atoms with Gasteiger partial charge in [0.2, 0.25) is 0 Å². The normalized spacial score (nSPS) is 16.2. The summed E-state index contributed by atoms with van der Waals surface area (Å²) in [7, 11) is 0. The Hall–Kier alpha value is -2.91. The molecule has 0 spiro atoms. The molecule has 0 saturated carbocycles. The van der Waals surface area contributed by atoms with E-state index in [-0.39, 0.29) is 28.7 Å². The van der Waals surface area contributed by atoms with Crippen LogP contribution in [0.25, 0.3) is 5.65 Å². The second kappa shape index (κ2) is 6.36. The molecule has 1 aliphatic rings. The molecule has 27 heavy (non-hydrogen) atoms. The number of nitrogens with zero attached hydrogens (tertiary/aromatic N) is 5. The van der Waals surface area contributed by atoms with Gasteiger partial charge >= 0.3 is 6.18 Å². The zero-order valence-corrected chi connectivity index (χ0v) is 14.5. The number of rotatable bonds is 2. The van der Waals surface area contributed by atoms with Crippen molar-refractivity contribution in [3.05, 3.63) is 47.4 Å². The van der Waals surface area contributed by atoms with E-state index in [4.69, 9.17) is 0 Å². The zero-order chi connectivity index (χ0) is 19.2. The first-order chi connectivity index (χ1) is 12.8. The second-order valence-corrected chi connectivity index (χ2v) is 6.62. The zero-order valence-electron chi connectivity index (χ0n) is 14.5. The van der Waals surface area contributed by atoms with Crippen LogP contribution >= 0.6 is 0 Å².